The van der Waals surface area contributed by atoms with E-state index in [-0.39, 0.29) is 68.6 Å². The number of hydrogen-bond donors (Lipinski definition) is 1. The Kier molecular flexibility index (Phi) is 25.0. The fraction of sp³-hybridized carbons (Fsp3) is 0.667. The van der Waals surface area contributed by atoms with Gasteiger partial charge in [-0.25, -0.2) is 0 Å². The molecule has 0 aliphatic rings. The van der Waals surface area contributed by atoms with Crippen LogP contribution in [-0.2, 0) is 63.2 Å². The Bertz CT molecular complexity index is 51.4. The smallest absolute Gasteiger partial charge is 0 e. The summed E-state index contributed by atoms with van der Waals surface area (Å²) in [5.41, 5.74) is 0.252. The largest absolute Gasteiger partial charge is 0.621 e. The van der Waals surface area contributed by atoms with Gasteiger partial charge in [-0.3, -0.25) is 6.54 Å². The van der Waals surface area contributed by atoms with Gasteiger partial charge in [-0.05, 0) is 0 Å². The molecule has 0 aromatic rings. The van der Waals surface area contributed by atoms with Crippen LogP contribution < -0.4 is 5.32 Å². The summed E-state index contributed by atoms with van der Waals surface area (Å²) in [6.45, 7) is 8.30. The first kappa shape index (κ1) is 22.7. The van der Waals surface area contributed by atoms with E-state index in [9.17, 15) is 0 Å². The van der Waals surface area contributed by atoms with E-state index < -0.39 is 0 Å². The quantitative estimate of drug-likeness (QED) is 0.426. The molecule has 0 spiro atoms. The second-order valence-electron chi connectivity index (χ2n) is 2.71. The summed E-state index contributed by atoms with van der Waals surface area (Å²) in [7, 11) is 3.47. The van der Waals surface area contributed by atoms with Gasteiger partial charge >= 0.3 is 0 Å². The predicted molar refractivity (Wildman–Crippen MR) is 32.2 cm³/mol. The summed E-state index contributed by atoms with van der Waals surface area (Å²) in [6.07, 6.45) is 0. The molecule has 10 heavy (non-hydrogen) atoms. The maximum absolute atomic E-state index is 3.47. The standard InChI is InChI=1S/C6H13N.3W/c1-6(2,3)5-7-4;;;/h5,7H,4H2,1-3H3;;;/q-2;;;. The molecular weight excluding hydrogens is 638 g/mol. The zero-order valence-corrected chi connectivity index (χ0v) is 15.3. The van der Waals surface area contributed by atoms with E-state index in [0.717, 1.165) is 0 Å². The minimum Gasteiger partial charge on any atom is -0.621 e. The summed E-state index contributed by atoms with van der Waals surface area (Å²) in [6, 6.07) is 0. The third-order valence-electron chi connectivity index (χ3n) is 0.535. The van der Waals surface area contributed by atoms with Crippen molar-refractivity contribution in [1.29, 1.82) is 0 Å². The fourth-order valence-electron chi connectivity index (χ4n) is 0.306. The zero-order valence-electron chi connectivity index (χ0n) is 6.51. The second kappa shape index (κ2) is 11.0. The van der Waals surface area contributed by atoms with Gasteiger partial charge in [0.1, 0.15) is 0 Å². The van der Waals surface area contributed by atoms with Crippen molar-refractivity contribution in [1.82, 2.24) is 5.32 Å². The molecule has 0 bridgehead atoms. The first-order valence-electron chi connectivity index (χ1n) is 2.43. The molecule has 0 saturated heterocycles. The van der Waals surface area contributed by atoms with Gasteiger partial charge in [-0.15, -0.1) is 0 Å². The van der Waals surface area contributed by atoms with E-state index in [4.69, 9.17) is 0 Å². The third-order valence-corrected chi connectivity index (χ3v) is 0.535. The van der Waals surface area contributed by atoms with E-state index in [2.05, 4.69) is 33.1 Å². The van der Waals surface area contributed by atoms with Crippen LogP contribution in [0.5, 0.6) is 0 Å². The molecule has 0 aromatic heterocycles. The van der Waals surface area contributed by atoms with Crippen molar-refractivity contribution in [3.63, 3.8) is 0 Å². The van der Waals surface area contributed by atoms with Crippen LogP contribution in [0.25, 0.3) is 0 Å². The maximum atomic E-state index is 3.47. The van der Waals surface area contributed by atoms with Gasteiger partial charge < -0.3 is 12.4 Å². The molecule has 0 rings (SSSR count). The molecule has 0 aliphatic carbocycles. The van der Waals surface area contributed by atoms with E-state index in [1.165, 1.54) is 0 Å². The molecule has 0 fully saturated rings. The SMILES string of the molecule is [CH2-]N[CH-]C(C)(C)C.[W].[W].[W]. The second-order valence-corrected chi connectivity index (χ2v) is 2.71. The Morgan fingerprint density at radius 3 is 1.40 bits per heavy atom. The van der Waals surface area contributed by atoms with Gasteiger partial charge in [-0.2, -0.15) is 5.41 Å². The van der Waals surface area contributed by atoms with Crippen LogP contribution in [0.1, 0.15) is 20.8 Å². The Hall–Kier alpha value is 2.02. The van der Waals surface area contributed by atoms with Gasteiger partial charge in [0.2, 0.25) is 0 Å². The Morgan fingerprint density at radius 2 is 1.40 bits per heavy atom. The molecular formula is C6H13NW3-2. The van der Waals surface area contributed by atoms with Crippen LogP contribution in [0.4, 0.5) is 0 Å². The zero-order chi connectivity index (χ0) is 5.91. The van der Waals surface area contributed by atoms with Crippen molar-refractivity contribution in [3.8, 4) is 0 Å². The van der Waals surface area contributed by atoms with Crippen LogP contribution in [0.3, 0.4) is 0 Å². The van der Waals surface area contributed by atoms with E-state index in [1.54, 1.807) is 0 Å². The topological polar surface area (TPSA) is 12.0 Å². The summed E-state index contributed by atoms with van der Waals surface area (Å²) in [5.74, 6) is 0. The molecule has 4 heteroatoms. The molecule has 62 valence electrons. The van der Waals surface area contributed by atoms with Crippen LogP contribution in [0, 0.1) is 19.0 Å². The molecule has 0 unspecified atom stereocenters. The van der Waals surface area contributed by atoms with Gasteiger partial charge in [0.05, 0.1) is 0 Å². The average Bonchev–Trinajstić information content (AvgIpc) is 1.30. The number of nitrogens with one attached hydrogen (secondary N) is 1. The van der Waals surface area contributed by atoms with E-state index in [1.807, 2.05) is 6.54 Å². The van der Waals surface area contributed by atoms with Crippen molar-refractivity contribution in [3.05, 3.63) is 13.6 Å². The van der Waals surface area contributed by atoms with Crippen LogP contribution in [-0.4, -0.2) is 0 Å². The summed E-state index contributed by atoms with van der Waals surface area (Å²) in [4.78, 5) is 0. The van der Waals surface area contributed by atoms with Crippen molar-refractivity contribution in [2.24, 2.45) is 5.41 Å². The predicted octanol–water partition coefficient (Wildman–Crippen LogP) is 1.57. The van der Waals surface area contributed by atoms with Gasteiger partial charge in [0.15, 0.2) is 0 Å². The Morgan fingerprint density at radius 1 is 1.10 bits per heavy atom. The normalized spacial score (nSPS) is 8.40. The van der Waals surface area contributed by atoms with Crippen LogP contribution >= 0.6 is 0 Å². The molecule has 0 amide bonds. The molecule has 0 atom stereocenters. The van der Waals surface area contributed by atoms with Gasteiger partial charge in [-0.1, -0.05) is 20.8 Å². The Labute approximate surface area is 107 Å². The molecule has 0 radical (unpaired) electrons. The van der Waals surface area contributed by atoms with Gasteiger partial charge in [0, 0.05) is 63.2 Å². The minimum absolute atomic E-state index is 0. The molecule has 0 heterocycles. The first-order chi connectivity index (χ1) is 3.06. The van der Waals surface area contributed by atoms with Crippen molar-refractivity contribution in [2.45, 2.75) is 20.8 Å². The van der Waals surface area contributed by atoms with E-state index >= 15 is 0 Å². The molecule has 0 aliphatic heterocycles. The molecule has 1 N–H and O–H groups in total. The van der Waals surface area contributed by atoms with E-state index in [0.29, 0.717) is 0 Å². The van der Waals surface area contributed by atoms with Gasteiger partial charge in [0.25, 0.3) is 0 Å². The maximum Gasteiger partial charge on any atom is 0 e. The fourth-order valence-corrected chi connectivity index (χ4v) is 0.306. The average molecular weight is 651 g/mol. The number of hydrogen-bond acceptors (Lipinski definition) is 1. The minimum atomic E-state index is 0. The third kappa shape index (κ3) is 22.5. The summed E-state index contributed by atoms with van der Waals surface area (Å²) < 4.78 is 0. The summed E-state index contributed by atoms with van der Waals surface area (Å²) >= 11 is 0. The van der Waals surface area contributed by atoms with Crippen LogP contribution in [0.15, 0.2) is 0 Å². The Balaban J connectivity index is -0.0000000600. The molecule has 1 nitrogen and oxygen atoms in total. The van der Waals surface area contributed by atoms with Crippen molar-refractivity contribution < 1.29 is 63.2 Å². The number of rotatable bonds is 1. The van der Waals surface area contributed by atoms with Crippen molar-refractivity contribution >= 4 is 0 Å². The summed E-state index contributed by atoms with van der Waals surface area (Å²) in [5, 5.41) is 2.73. The monoisotopic (exact) mass is 651 g/mol. The molecule has 0 aromatic carbocycles. The molecule has 0 saturated carbocycles. The van der Waals surface area contributed by atoms with Crippen molar-refractivity contribution in [2.75, 3.05) is 0 Å². The van der Waals surface area contributed by atoms with Crippen LogP contribution in [0.2, 0.25) is 0 Å². The first-order valence-corrected chi connectivity index (χ1v) is 2.43.